The van der Waals surface area contributed by atoms with E-state index in [1.54, 1.807) is 26.1 Å². The SMILES string of the molecule is C=C/C(C#N)=N\OCCN(C)C(=O)c1ccc(F)cc1[C@@H](C)Oc1cc(Br)cnc1N. The van der Waals surface area contributed by atoms with E-state index in [9.17, 15) is 9.18 Å². The molecule has 0 aliphatic rings. The monoisotopic (exact) mass is 489 g/mol. The molecular weight excluding hydrogens is 469 g/mol. The van der Waals surface area contributed by atoms with Crippen LogP contribution in [-0.2, 0) is 4.84 Å². The summed E-state index contributed by atoms with van der Waals surface area (Å²) in [6.07, 6.45) is 2.10. The minimum Gasteiger partial charge on any atom is -0.482 e. The van der Waals surface area contributed by atoms with Crippen LogP contribution in [0.3, 0.4) is 0 Å². The molecule has 2 N–H and O–H groups in total. The van der Waals surface area contributed by atoms with Crippen LogP contribution in [0.25, 0.3) is 0 Å². The van der Waals surface area contributed by atoms with E-state index in [4.69, 9.17) is 20.6 Å². The zero-order valence-corrected chi connectivity index (χ0v) is 18.6. The normalized spacial score (nSPS) is 11.9. The number of ether oxygens (including phenoxy) is 1. The molecule has 162 valence electrons. The third kappa shape index (κ3) is 6.52. The molecule has 0 aliphatic carbocycles. The predicted octanol–water partition coefficient (Wildman–Crippen LogP) is 3.86. The average Bonchev–Trinajstić information content (AvgIpc) is 2.75. The average molecular weight is 490 g/mol. The van der Waals surface area contributed by atoms with Crippen molar-refractivity contribution in [3.8, 4) is 11.8 Å². The number of hydrogen-bond acceptors (Lipinski definition) is 7. The van der Waals surface area contributed by atoms with E-state index in [1.165, 1.54) is 35.4 Å². The van der Waals surface area contributed by atoms with Crippen molar-refractivity contribution in [1.82, 2.24) is 9.88 Å². The number of nitriles is 1. The first-order valence-corrected chi connectivity index (χ1v) is 9.91. The number of likely N-dealkylation sites (N-methyl/N-ethyl adjacent to an activating group) is 1. The number of aromatic nitrogens is 1. The van der Waals surface area contributed by atoms with Gasteiger partial charge in [0.25, 0.3) is 5.91 Å². The molecule has 1 atom stereocenters. The van der Waals surface area contributed by atoms with Crippen molar-refractivity contribution in [2.45, 2.75) is 13.0 Å². The molecule has 8 nitrogen and oxygen atoms in total. The molecule has 1 aromatic heterocycles. The third-order valence-corrected chi connectivity index (χ3v) is 4.60. The maximum Gasteiger partial charge on any atom is 0.254 e. The van der Waals surface area contributed by atoms with Crippen LogP contribution in [-0.4, -0.2) is 41.7 Å². The number of hydrogen-bond donors (Lipinski definition) is 1. The minimum absolute atomic E-state index is 0.0297. The lowest BCUT2D eigenvalue weighted by Crippen LogP contribution is -2.31. The number of allylic oxidation sites excluding steroid dienone is 1. The smallest absolute Gasteiger partial charge is 0.254 e. The molecule has 2 rings (SSSR count). The van der Waals surface area contributed by atoms with Gasteiger partial charge in [-0.3, -0.25) is 4.79 Å². The maximum atomic E-state index is 14.0. The zero-order valence-electron chi connectivity index (χ0n) is 17.0. The summed E-state index contributed by atoms with van der Waals surface area (Å²) in [4.78, 5) is 23.4. The van der Waals surface area contributed by atoms with E-state index >= 15 is 0 Å². The van der Waals surface area contributed by atoms with E-state index in [-0.39, 0.29) is 36.2 Å². The first-order valence-electron chi connectivity index (χ1n) is 9.11. The summed E-state index contributed by atoms with van der Waals surface area (Å²) in [7, 11) is 1.57. The molecule has 0 radical (unpaired) electrons. The van der Waals surface area contributed by atoms with Crippen molar-refractivity contribution in [2.75, 3.05) is 25.9 Å². The van der Waals surface area contributed by atoms with E-state index < -0.39 is 11.9 Å². The van der Waals surface area contributed by atoms with Gasteiger partial charge in [-0.15, -0.1) is 0 Å². The van der Waals surface area contributed by atoms with Gasteiger partial charge in [0.05, 0.1) is 6.54 Å². The molecule has 0 saturated carbocycles. The van der Waals surface area contributed by atoms with Crippen LogP contribution in [0, 0.1) is 17.1 Å². The van der Waals surface area contributed by atoms with Gasteiger partial charge in [0, 0.05) is 28.8 Å². The highest BCUT2D eigenvalue weighted by Gasteiger charge is 2.22. The number of benzene rings is 1. The van der Waals surface area contributed by atoms with Crippen LogP contribution < -0.4 is 10.5 Å². The van der Waals surface area contributed by atoms with Crippen LogP contribution in [0.15, 0.2) is 52.7 Å². The van der Waals surface area contributed by atoms with E-state index in [0.29, 0.717) is 15.8 Å². The molecule has 0 saturated heterocycles. The molecule has 1 aromatic carbocycles. The van der Waals surface area contributed by atoms with Crippen LogP contribution in [0.2, 0.25) is 0 Å². The predicted molar refractivity (Wildman–Crippen MR) is 118 cm³/mol. The van der Waals surface area contributed by atoms with Gasteiger partial charge in [0.15, 0.2) is 17.3 Å². The standard InChI is InChI=1S/C21H21BrFN5O3/c1-4-16(11-24)27-30-8-7-28(3)21(29)17-6-5-15(23)10-18(17)13(2)31-19-9-14(22)12-26-20(19)25/h4-6,9-10,12-13H,1,7-8H2,2-3H3,(H2,25,26)/b27-16+/t13-/m1/s1. The number of pyridine rings is 1. The summed E-state index contributed by atoms with van der Waals surface area (Å²) in [6, 6.07) is 7.29. The lowest BCUT2D eigenvalue weighted by Gasteiger charge is -2.22. The number of rotatable bonds is 9. The molecule has 0 aliphatic heterocycles. The Balaban J connectivity index is 2.17. The van der Waals surface area contributed by atoms with Gasteiger partial charge in [0.2, 0.25) is 0 Å². The Morgan fingerprint density at radius 2 is 2.26 bits per heavy atom. The molecule has 0 fully saturated rings. The van der Waals surface area contributed by atoms with Gasteiger partial charge >= 0.3 is 0 Å². The van der Waals surface area contributed by atoms with Crippen LogP contribution in [0.5, 0.6) is 5.75 Å². The second-order valence-electron chi connectivity index (χ2n) is 6.38. The number of nitrogens with zero attached hydrogens (tertiary/aromatic N) is 4. The Hall–Kier alpha value is -3.45. The van der Waals surface area contributed by atoms with Gasteiger partial charge in [0.1, 0.15) is 24.6 Å². The molecular formula is C21H21BrFN5O3. The number of oxime groups is 1. The summed E-state index contributed by atoms with van der Waals surface area (Å²) in [5, 5.41) is 12.4. The Kier molecular flexibility index (Phi) is 8.52. The Morgan fingerprint density at radius 3 is 2.94 bits per heavy atom. The molecule has 0 unspecified atom stereocenters. The second kappa shape index (κ2) is 11.1. The molecule has 0 spiro atoms. The fraction of sp³-hybridized carbons (Fsp3) is 0.238. The van der Waals surface area contributed by atoms with Crippen molar-refractivity contribution >= 4 is 33.4 Å². The summed E-state index contributed by atoms with van der Waals surface area (Å²) in [5.74, 6) is -0.385. The van der Waals surface area contributed by atoms with Crippen molar-refractivity contribution < 1.29 is 18.8 Å². The highest BCUT2D eigenvalue weighted by Crippen LogP contribution is 2.30. The highest BCUT2D eigenvalue weighted by molar-refractivity contribution is 9.10. The molecule has 31 heavy (non-hydrogen) atoms. The van der Waals surface area contributed by atoms with Crippen molar-refractivity contribution in [2.24, 2.45) is 5.16 Å². The number of carbonyl (C=O) groups excluding carboxylic acids is 1. The Labute approximate surface area is 187 Å². The first kappa shape index (κ1) is 23.8. The van der Waals surface area contributed by atoms with E-state index in [1.807, 2.05) is 0 Å². The zero-order chi connectivity index (χ0) is 23.0. The van der Waals surface area contributed by atoms with Crippen molar-refractivity contribution in [3.05, 3.63) is 64.5 Å². The summed E-state index contributed by atoms with van der Waals surface area (Å²) < 4.78 is 20.5. The fourth-order valence-electron chi connectivity index (χ4n) is 2.55. The molecule has 10 heteroatoms. The number of halogens is 2. The largest absolute Gasteiger partial charge is 0.482 e. The van der Waals surface area contributed by atoms with Crippen LogP contribution >= 0.6 is 15.9 Å². The number of nitrogens with two attached hydrogens (primary N) is 1. The first-order chi connectivity index (χ1) is 14.8. The lowest BCUT2D eigenvalue weighted by molar-refractivity contribution is 0.0701. The van der Waals surface area contributed by atoms with E-state index in [0.717, 1.165) is 0 Å². The van der Waals surface area contributed by atoms with E-state index in [2.05, 4.69) is 32.6 Å². The second-order valence-corrected chi connectivity index (χ2v) is 7.30. The van der Waals surface area contributed by atoms with Crippen molar-refractivity contribution in [3.63, 3.8) is 0 Å². The third-order valence-electron chi connectivity index (χ3n) is 4.17. The van der Waals surface area contributed by atoms with Crippen LogP contribution in [0.1, 0.15) is 28.9 Å². The number of anilines is 1. The quantitative estimate of drug-likeness (QED) is 0.325. The number of carbonyl (C=O) groups is 1. The fourth-order valence-corrected chi connectivity index (χ4v) is 2.86. The molecule has 1 amide bonds. The van der Waals surface area contributed by atoms with Gasteiger partial charge in [-0.1, -0.05) is 11.7 Å². The number of amides is 1. The van der Waals surface area contributed by atoms with Crippen LogP contribution in [0.4, 0.5) is 10.2 Å². The summed E-state index contributed by atoms with van der Waals surface area (Å²) in [5.41, 5.74) is 6.50. The van der Waals surface area contributed by atoms with Gasteiger partial charge < -0.3 is 20.2 Å². The lowest BCUT2D eigenvalue weighted by atomic mass is 10.0. The Bertz CT molecular complexity index is 1040. The Morgan fingerprint density at radius 1 is 1.52 bits per heavy atom. The minimum atomic E-state index is -0.687. The van der Waals surface area contributed by atoms with Gasteiger partial charge in [-0.25, -0.2) is 9.37 Å². The topological polar surface area (TPSA) is 114 Å². The molecule has 2 aromatic rings. The summed E-state index contributed by atoms with van der Waals surface area (Å²) in [6.45, 7) is 5.36. The highest BCUT2D eigenvalue weighted by atomic mass is 79.9. The van der Waals surface area contributed by atoms with Gasteiger partial charge in [-0.2, -0.15) is 5.26 Å². The number of nitrogen functional groups attached to an aromatic ring is 1. The molecule has 0 bridgehead atoms. The van der Waals surface area contributed by atoms with Crippen molar-refractivity contribution in [1.29, 1.82) is 5.26 Å². The summed E-state index contributed by atoms with van der Waals surface area (Å²) >= 11 is 3.30. The maximum absolute atomic E-state index is 14.0. The van der Waals surface area contributed by atoms with Gasteiger partial charge in [-0.05, 0) is 53.2 Å². The molecule has 1 heterocycles.